The van der Waals surface area contributed by atoms with Gasteiger partial charge in [0.1, 0.15) is 11.5 Å². The van der Waals surface area contributed by atoms with Crippen molar-refractivity contribution in [3.05, 3.63) is 23.8 Å². The van der Waals surface area contributed by atoms with Crippen molar-refractivity contribution in [2.75, 3.05) is 5.32 Å². The van der Waals surface area contributed by atoms with Gasteiger partial charge in [-0.2, -0.15) is 0 Å². The highest BCUT2D eigenvalue weighted by molar-refractivity contribution is 6.05. The Bertz CT molecular complexity index is 479. The molecule has 17 heavy (non-hydrogen) atoms. The van der Waals surface area contributed by atoms with E-state index in [1.54, 1.807) is 6.07 Å². The Kier molecular flexibility index (Phi) is 3.98. The number of anilines is 1. The molecule has 0 bridgehead atoms. The van der Waals surface area contributed by atoms with Crippen molar-refractivity contribution in [2.45, 2.75) is 20.3 Å². The van der Waals surface area contributed by atoms with E-state index in [0.717, 1.165) is 0 Å². The lowest BCUT2D eigenvalue weighted by Gasteiger charge is -2.08. The second kappa shape index (κ2) is 5.25. The van der Waals surface area contributed by atoms with E-state index in [1.165, 1.54) is 26.0 Å². The van der Waals surface area contributed by atoms with Crippen LogP contribution in [-0.2, 0) is 9.59 Å². The number of ketones is 2. The van der Waals surface area contributed by atoms with Gasteiger partial charge in [0.2, 0.25) is 5.91 Å². The standard InChI is InChI=1S/C12H13NO4/c1-7(14)6-11(16)13-10-5-3-4-9(8(2)15)12(10)17/h3-5,17H,6H2,1-2H3,(H,13,16). The van der Waals surface area contributed by atoms with Gasteiger partial charge in [-0.1, -0.05) is 6.07 Å². The number of nitrogens with one attached hydrogen (secondary N) is 1. The normalized spacial score (nSPS) is 9.76. The van der Waals surface area contributed by atoms with Gasteiger partial charge in [-0.25, -0.2) is 0 Å². The molecule has 1 aromatic carbocycles. The minimum atomic E-state index is -0.520. The molecule has 1 amide bonds. The molecule has 1 aromatic rings. The first-order chi connectivity index (χ1) is 7.91. The number of hydrogen-bond acceptors (Lipinski definition) is 4. The molecule has 5 heteroatoms. The Morgan fingerprint density at radius 1 is 1.24 bits per heavy atom. The van der Waals surface area contributed by atoms with Gasteiger partial charge in [0.05, 0.1) is 17.7 Å². The van der Waals surface area contributed by atoms with Crippen LogP contribution in [0.25, 0.3) is 0 Å². The molecular weight excluding hydrogens is 222 g/mol. The zero-order chi connectivity index (χ0) is 13.0. The van der Waals surface area contributed by atoms with Gasteiger partial charge in [0.15, 0.2) is 5.78 Å². The molecule has 0 saturated carbocycles. The molecule has 0 aliphatic heterocycles. The van der Waals surface area contributed by atoms with Crippen LogP contribution in [0.1, 0.15) is 30.6 Å². The van der Waals surface area contributed by atoms with Crippen LogP contribution in [0.4, 0.5) is 5.69 Å². The maximum atomic E-state index is 11.3. The molecule has 0 radical (unpaired) electrons. The smallest absolute Gasteiger partial charge is 0.231 e. The number of amides is 1. The van der Waals surface area contributed by atoms with E-state index < -0.39 is 5.91 Å². The molecule has 1 rings (SSSR count). The molecular formula is C12H13NO4. The Hall–Kier alpha value is -2.17. The van der Waals surface area contributed by atoms with Crippen molar-refractivity contribution < 1.29 is 19.5 Å². The van der Waals surface area contributed by atoms with Crippen molar-refractivity contribution in [3.63, 3.8) is 0 Å². The Labute approximate surface area is 98.4 Å². The van der Waals surface area contributed by atoms with Gasteiger partial charge in [-0.05, 0) is 26.0 Å². The number of rotatable bonds is 4. The van der Waals surface area contributed by atoms with Gasteiger partial charge in [0.25, 0.3) is 0 Å². The topological polar surface area (TPSA) is 83.5 Å². The first kappa shape index (κ1) is 12.9. The summed E-state index contributed by atoms with van der Waals surface area (Å²) < 4.78 is 0. The third-order valence-electron chi connectivity index (χ3n) is 2.10. The van der Waals surface area contributed by atoms with Crippen LogP contribution in [-0.4, -0.2) is 22.6 Å². The number of para-hydroxylation sites is 1. The molecule has 0 aliphatic rings. The van der Waals surface area contributed by atoms with Gasteiger partial charge in [-0.15, -0.1) is 0 Å². The minimum Gasteiger partial charge on any atom is -0.505 e. The van der Waals surface area contributed by atoms with Gasteiger partial charge in [0, 0.05) is 0 Å². The third-order valence-corrected chi connectivity index (χ3v) is 2.10. The summed E-state index contributed by atoms with van der Waals surface area (Å²) in [6, 6.07) is 4.46. The summed E-state index contributed by atoms with van der Waals surface area (Å²) in [7, 11) is 0. The van der Waals surface area contributed by atoms with Crippen LogP contribution < -0.4 is 5.32 Å². The predicted octanol–water partition coefficient (Wildman–Crippen LogP) is 1.51. The average Bonchev–Trinajstić information content (AvgIpc) is 2.19. The largest absolute Gasteiger partial charge is 0.505 e. The molecule has 0 unspecified atom stereocenters. The quantitative estimate of drug-likeness (QED) is 0.470. The van der Waals surface area contributed by atoms with Crippen molar-refractivity contribution in [1.82, 2.24) is 0 Å². The fraction of sp³-hybridized carbons (Fsp3) is 0.250. The Balaban J connectivity index is 2.92. The monoisotopic (exact) mass is 235 g/mol. The van der Waals surface area contributed by atoms with E-state index in [-0.39, 0.29) is 35.0 Å². The van der Waals surface area contributed by atoms with E-state index in [1.807, 2.05) is 0 Å². The summed E-state index contributed by atoms with van der Waals surface area (Å²) in [5.74, 6) is -1.37. The summed E-state index contributed by atoms with van der Waals surface area (Å²) in [4.78, 5) is 33.2. The highest BCUT2D eigenvalue weighted by Crippen LogP contribution is 2.27. The predicted molar refractivity (Wildman–Crippen MR) is 62.0 cm³/mol. The molecule has 2 N–H and O–H groups in total. The number of carbonyl (C=O) groups excluding carboxylic acids is 3. The molecule has 90 valence electrons. The lowest BCUT2D eigenvalue weighted by Crippen LogP contribution is -2.15. The number of carbonyl (C=O) groups is 3. The van der Waals surface area contributed by atoms with Crippen LogP contribution in [0, 0.1) is 0 Å². The number of hydrogen-bond donors (Lipinski definition) is 2. The van der Waals surface area contributed by atoms with Crippen LogP contribution >= 0.6 is 0 Å². The Morgan fingerprint density at radius 3 is 2.41 bits per heavy atom. The second-order valence-corrected chi connectivity index (χ2v) is 3.68. The van der Waals surface area contributed by atoms with Crippen LogP contribution in [0.3, 0.4) is 0 Å². The maximum absolute atomic E-state index is 11.3. The lowest BCUT2D eigenvalue weighted by molar-refractivity contribution is -0.124. The fourth-order valence-corrected chi connectivity index (χ4v) is 1.35. The van der Waals surface area contributed by atoms with E-state index in [4.69, 9.17) is 0 Å². The molecule has 0 atom stereocenters. The molecule has 0 fully saturated rings. The molecule has 0 spiro atoms. The third kappa shape index (κ3) is 3.41. The van der Waals surface area contributed by atoms with Crippen molar-refractivity contribution in [2.24, 2.45) is 0 Å². The second-order valence-electron chi connectivity index (χ2n) is 3.68. The van der Waals surface area contributed by atoms with Crippen molar-refractivity contribution in [1.29, 1.82) is 0 Å². The number of benzene rings is 1. The maximum Gasteiger partial charge on any atom is 0.231 e. The summed E-state index contributed by atoms with van der Waals surface area (Å²) in [5.41, 5.74) is 0.259. The summed E-state index contributed by atoms with van der Waals surface area (Å²) in [5, 5.41) is 12.1. The molecule has 0 heterocycles. The number of Topliss-reactive ketones (excluding diaryl/α,β-unsaturated/α-hetero) is 2. The van der Waals surface area contributed by atoms with E-state index in [2.05, 4.69) is 5.32 Å². The summed E-state index contributed by atoms with van der Waals surface area (Å²) in [6.07, 6.45) is -0.260. The molecule has 0 aromatic heterocycles. The van der Waals surface area contributed by atoms with E-state index >= 15 is 0 Å². The van der Waals surface area contributed by atoms with Gasteiger partial charge >= 0.3 is 0 Å². The van der Waals surface area contributed by atoms with Crippen LogP contribution in [0.15, 0.2) is 18.2 Å². The van der Waals surface area contributed by atoms with E-state index in [9.17, 15) is 19.5 Å². The van der Waals surface area contributed by atoms with Crippen molar-refractivity contribution in [3.8, 4) is 5.75 Å². The number of phenols is 1. The molecule has 5 nitrogen and oxygen atoms in total. The first-order valence-corrected chi connectivity index (χ1v) is 5.04. The van der Waals surface area contributed by atoms with Gasteiger partial charge < -0.3 is 10.4 Å². The minimum absolute atomic E-state index is 0.129. The number of aromatic hydroxyl groups is 1. The highest BCUT2D eigenvalue weighted by atomic mass is 16.3. The van der Waals surface area contributed by atoms with Crippen molar-refractivity contribution >= 4 is 23.2 Å². The summed E-state index contributed by atoms with van der Waals surface area (Å²) >= 11 is 0. The van der Waals surface area contributed by atoms with Gasteiger partial charge in [-0.3, -0.25) is 14.4 Å². The Morgan fingerprint density at radius 2 is 1.88 bits per heavy atom. The van der Waals surface area contributed by atoms with Crippen LogP contribution in [0.5, 0.6) is 5.75 Å². The SMILES string of the molecule is CC(=O)CC(=O)Nc1cccc(C(C)=O)c1O. The lowest BCUT2D eigenvalue weighted by atomic mass is 10.1. The van der Waals surface area contributed by atoms with Crippen LogP contribution in [0.2, 0.25) is 0 Å². The zero-order valence-electron chi connectivity index (χ0n) is 9.61. The average molecular weight is 235 g/mol. The molecule has 0 saturated heterocycles. The highest BCUT2D eigenvalue weighted by Gasteiger charge is 2.13. The number of phenolic OH excluding ortho intramolecular Hbond substituents is 1. The first-order valence-electron chi connectivity index (χ1n) is 5.04. The zero-order valence-corrected chi connectivity index (χ0v) is 9.61. The fourth-order valence-electron chi connectivity index (χ4n) is 1.35. The van der Waals surface area contributed by atoms with E-state index in [0.29, 0.717) is 0 Å². The summed E-state index contributed by atoms with van der Waals surface area (Å²) in [6.45, 7) is 2.61. The molecule has 0 aliphatic carbocycles.